The van der Waals surface area contributed by atoms with Gasteiger partial charge in [-0.15, -0.1) is 0 Å². The third-order valence-corrected chi connectivity index (χ3v) is 2.79. The average Bonchev–Trinajstić information content (AvgIpc) is 2.80. The van der Waals surface area contributed by atoms with Gasteiger partial charge in [0.25, 0.3) is 5.89 Å². The standard InChI is InChI=1S/C11H9Cl2N3O2/c1-14-10(17)5-9-15-11(18-16-9)7-4-6(12)2-3-8(7)13/h2-4H,5H2,1H3,(H,14,17). The van der Waals surface area contributed by atoms with Crippen molar-refractivity contribution in [3.05, 3.63) is 34.1 Å². The average molecular weight is 286 g/mol. The highest BCUT2D eigenvalue weighted by Gasteiger charge is 2.14. The number of nitrogens with one attached hydrogen (secondary N) is 1. The van der Waals surface area contributed by atoms with Gasteiger partial charge in [-0.3, -0.25) is 4.79 Å². The molecule has 1 amide bonds. The van der Waals surface area contributed by atoms with E-state index in [1.165, 1.54) is 7.05 Å². The lowest BCUT2D eigenvalue weighted by Gasteiger charge is -1.98. The van der Waals surface area contributed by atoms with Crippen LogP contribution in [0, 0.1) is 0 Å². The summed E-state index contributed by atoms with van der Waals surface area (Å²) >= 11 is 11.9. The first-order chi connectivity index (χ1) is 8.60. The summed E-state index contributed by atoms with van der Waals surface area (Å²) < 4.78 is 5.05. The molecule has 1 aromatic heterocycles. The Morgan fingerprint density at radius 1 is 1.44 bits per heavy atom. The van der Waals surface area contributed by atoms with Gasteiger partial charge in [0.1, 0.15) is 0 Å². The van der Waals surface area contributed by atoms with Crippen LogP contribution >= 0.6 is 23.2 Å². The molecule has 0 bridgehead atoms. The number of carbonyl (C=O) groups is 1. The van der Waals surface area contributed by atoms with Gasteiger partial charge in [0.2, 0.25) is 5.91 Å². The Morgan fingerprint density at radius 2 is 2.22 bits per heavy atom. The maximum absolute atomic E-state index is 11.2. The molecule has 18 heavy (non-hydrogen) atoms. The topological polar surface area (TPSA) is 68.0 Å². The number of benzene rings is 1. The number of hydrogen-bond acceptors (Lipinski definition) is 4. The van der Waals surface area contributed by atoms with Gasteiger partial charge >= 0.3 is 0 Å². The Bertz CT molecular complexity index is 583. The summed E-state index contributed by atoms with van der Waals surface area (Å²) in [6.07, 6.45) is 0.0538. The monoisotopic (exact) mass is 285 g/mol. The van der Waals surface area contributed by atoms with E-state index < -0.39 is 0 Å². The van der Waals surface area contributed by atoms with Crippen molar-refractivity contribution in [2.75, 3.05) is 7.05 Å². The van der Waals surface area contributed by atoms with E-state index in [9.17, 15) is 4.79 Å². The lowest BCUT2D eigenvalue weighted by Crippen LogP contribution is -2.20. The third kappa shape index (κ3) is 2.80. The molecule has 1 N–H and O–H groups in total. The number of nitrogens with zero attached hydrogens (tertiary/aromatic N) is 2. The van der Waals surface area contributed by atoms with Crippen molar-refractivity contribution in [2.24, 2.45) is 0 Å². The van der Waals surface area contributed by atoms with E-state index >= 15 is 0 Å². The summed E-state index contributed by atoms with van der Waals surface area (Å²) in [6, 6.07) is 4.93. The Labute approximate surface area is 113 Å². The molecule has 7 heteroatoms. The zero-order valence-electron chi connectivity index (χ0n) is 9.41. The van der Waals surface area contributed by atoms with Crippen molar-refractivity contribution in [1.82, 2.24) is 15.5 Å². The van der Waals surface area contributed by atoms with Gasteiger partial charge in [-0.25, -0.2) is 0 Å². The van der Waals surface area contributed by atoms with Crippen LogP contribution in [-0.2, 0) is 11.2 Å². The van der Waals surface area contributed by atoms with Crippen molar-refractivity contribution >= 4 is 29.1 Å². The highest BCUT2D eigenvalue weighted by molar-refractivity contribution is 6.35. The number of halogens is 2. The van der Waals surface area contributed by atoms with Crippen LogP contribution in [0.1, 0.15) is 5.82 Å². The SMILES string of the molecule is CNC(=O)Cc1noc(-c2cc(Cl)ccc2Cl)n1. The Kier molecular flexibility index (Phi) is 3.84. The second kappa shape index (κ2) is 5.37. The molecule has 1 aromatic carbocycles. The van der Waals surface area contributed by atoms with Crippen molar-refractivity contribution < 1.29 is 9.32 Å². The normalized spacial score (nSPS) is 10.4. The molecular formula is C11H9Cl2N3O2. The molecule has 0 aliphatic carbocycles. The van der Waals surface area contributed by atoms with Crippen LogP contribution in [0.15, 0.2) is 22.7 Å². The number of carbonyl (C=O) groups excluding carboxylic acids is 1. The molecule has 0 aliphatic rings. The summed E-state index contributed by atoms with van der Waals surface area (Å²) in [4.78, 5) is 15.3. The van der Waals surface area contributed by atoms with Gasteiger partial charge in [0.05, 0.1) is 17.0 Å². The van der Waals surface area contributed by atoms with E-state index in [4.69, 9.17) is 27.7 Å². The van der Waals surface area contributed by atoms with Crippen molar-refractivity contribution in [3.8, 4) is 11.5 Å². The smallest absolute Gasteiger partial charge is 0.259 e. The van der Waals surface area contributed by atoms with Crippen molar-refractivity contribution in [3.63, 3.8) is 0 Å². The van der Waals surface area contributed by atoms with Crippen LogP contribution in [0.2, 0.25) is 10.0 Å². The highest BCUT2D eigenvalue weighted by Crippen LogP contribution is 2.29. The molecule has 0 saturated heterocycles. The van der Waals surface area contributed by atoms with Crippen molar-refractivity contribution in [2.45, 2.75) is 6.42 Å². The summed E-state index contributed by atoms with van der Waals surface area (Å²) in [7, 11) is 1.54. The predicted molar refractivity (Wildman–Crippen MR) is 67.5 cm³/mol. The number of aromatic nitrogens is 2. The van der Waals surface area contributed by atoms with Gasteiger partial charge in [-0.2, -0.15) is 4.98 Å². The first kappa shape index (κ1) is 12.9. The first-order valence-electron chi connectivity index (χ1n) is 5.08. The van der Waals surface area contributed by atoms with Gasteiger partial charge in [-0.05, 0) is 18.2 Å². The minimum Gasteiger partial charge on any atom is -0.359 e. The summed E-state index contributed by atoms with van der Waals surface area (Å²) in [5, 5.41) is 7.15. The van der Waals surface area contributed by atoms with Crippen molar-refractivity contribution in [1.29, 1.82) is 0 Å². The molecule has 2 rings (SSSR count). The first-order valence-corrected chi connectivity index (χ1v) is 5.84. The fourth-order valence-corrected chi connectivity index (χ4v) is 1.70. The zero-order valence-corrected chi connectivity index (χ0v) is 10.9. The largest absolute Gasteiger partial charge is 0.359 e. The van der Waals surface area contributed by atoms with Crippen LogP contribution in [-0.4, -0.2) is 23.1 Å². The van der Waals surface area contributed by atoms with E-state index in [1.54, 1.807) is 18.2 Å². The third-order valence-electron chi connectivity index (χ3n) is 2.22. The Hall–Kier alpha value is -1.59. The van der Waals surface area contributed by atoms with Gasteiger partial charge in [-0.1, -0.05) is 28.4 Å². The van der Waals surface area contributed by atoms with E-state index in [-0.39, 0.29) is 18.2 Å². The second-order valence-corrected chi connectivity index (χ2v) is 4.33. The molecule has 0 fully saturated rings. The molecule has 0 unspecified atom stereocenters. The lowest BCUT2D eigenvalue weighted by molar-refractivity contribution is -0.120. The summed E-state index contributed by atoms with van der Waals surface area (Å²) in [5.74, 6) is 0.335. The second-order valence-electron chi connectivity index (χ2n) is 3.49. The van der Waals surface area contributed by atoms with E-state index in [0.717, 1.165) is 0 Å². The van der Waals surface area contributed by atoms with Crippen LogP contribution in [0.4, 0.5) is 0 Å². The number of hydrogen-bond donors (Lipinski definition) is 1. The molecular weight excluding hydrogens is 277 g/mol. The molecule has 1 heterocycles. The Balaban J connectivity index is 2.29. The molecule has 94 valence electrons. The Morgan fingerprint density at radius 3 is 2.94 bits per heavy atom. The van der Waals surface area contributed by atoms with Gasteiger partial charge in [0.15, 0.2) is 5.82 Å². The van der Waals surface area contributed by atoms with Gasteiger partial charge in [0, 0.05) is 12.1 Å². The van der Waals surface area contributed by atoms with E-state index in [0.29, 0.717) is 21.4 Å². The van der Waals surface area contributed by atoms with E-state index in [2.05, 4.69) is 15.5 Å². The fourth-order valence-electron chi connectivity index (χ4n) is 1.33. The predicted octanol–water partition coefficient (Wildman–Crippen LogP) is 2.33. The molecule has 2 aromatic rings. The molecule has 0 aliphatic heterocycles. The maximum atomic E-state index is 11.2. The van der Waals surface area contributed by atoms with Crippen LogP contribution < -0.4 is 5.32 Å². The number of amides is 1. The van der Waals surface area contributed by atoms with Crippen LogP contribution in [0.25, 0.3) is 11.5 Å². The fraction of sp³-hybridized carbons (Fsp3) is 0.182. The quantitative estimate of drug-likeness (QED) is 0.940. The summed E-state index contributed by atoms with van der Waals surface area (Å²) in [5.41, 5.74) is 0.542. The van der Waals surface area contributed by atoms with Gasteiger partial charge < -0.3 is 9.84 Å². The number of likely N-dealkylation sites (N-methyl/N-ethyl adjacent to an activating group) is 1. The molecule has 0 radical (unpaired) electrons. The molecule has 0 saturated carbocycles. The maximum Gasteiger partial charge on any atom is 0.259 e. The lowest BCUT2D eigenvalue weighted by atomic mass is 10.2. The molecule has 0 spiro atoms. The highest BCUT2D eigenvalue weighted by atomic mass is 35.5. The van der Waals surface area contributed by atoms with Crippen LogP contribution in [0.5, 0.6) is 0 Å². The van der Waals surface area contributed by atoms with Crippen LogP contribution in [0.3, 0.4) is 0 Å². The van der Waals surface area contributed by atoms with E-state index in [1.807, 2.05) is 0 Å². The molecule has 5 nitrogen and oxygen atoms in total. The molecule has 0 atom stereocenters. The zero-order chi connectivity index (χ0) is 13.1. The summed E-state index contributed by atoms with van der Waals surface area (Å²) in [6.45, 7) is 0. The minimum absolute atomic E-state index is 0.0538. The number of rotatable bonds is 3. The minimum atomic E-state index is -0.195.